The number of thiazole rings is 1. The first-order valence-corrected chi connectivity index (χ1v) is 12.7. The minimum absolute atomic E-state index is 0.0163. The summed E-state index contributed by atoms with van der Waals surface area (Å²) in [5.41, 5.74) is 0.617. The van der Waals surface area contributed by atoms with Gasteiger partial charge in [0.25, 0.3) is 0 Å². The monoisotopic (exact) mass is 491 g/mol. The Labute approximate surface area is 206 Å². The summed E-state index contributed by atoms with van der Waals surface area (Å²) < 4.78 is 15.8. The van der Waals surface area contributed by atoms with Crippen molar-refractivity contribution in [3.63, 3.8) is 0 Å². The number of nitrogens with zero attached hydrogens (tertiary/aromatic N) is 6. The summed E-state index contributed by atoms with van der Waals surface area (Å²) in [6.45, 7) is 4.18. The van der Waals surface area contributed by atoms with Gasteiger partial charge < -0.3 is 15.3 Å². The summed E-state index contributed by atoms with van der Waals surface area (Å²) in [7, 11) is 0. The molecule has 1 saturated carbocycles. The number of hydrogen-bond donors (Lipinski definition) is 2. The molecule has 0 unspecified atom stereocenters. The molecule has 3 fully saturated rings. The fraction of sp³-hybridized carbons (Fsp3) is 0.480. The summed E-state index contributed by atoms with van der Waals surface area (Å²) >= 11 is 1.26. The van der Waals surface area contributed by atoms with Gasteiger partial charge in [-0.25, -0.2) is 14.4 Å². The number of benzene rings is 1. The summed E-state index contributed by atoms with van der Waals surface area (Å²) in [6.07, 6.45) is 6.80. The number of fused-ring (bicyclic) bond motifs is 2. The van der Waals surface area contributed by atoms with Crippen molar-refractivity contribution in [1.82, 2.24) is 25.5 Å². The first-order valence-electron chi connectivity index (χ1n) is 11.9. The number of aromatic nitrogens is 4. The number of phenolic OH excluding ortho intramolecular Hbond substituents is 1. The van der Waals surface area contributed by atoms with E-state index < -0.39 is 11.7 Å². The van der Waals surface area contributed by atoms with Crippen molar-refractivity contribution in [2.24, 2.45) is 0 Å². The molecule has 4 heterocycles. The number of rotatable bonds is 5. The quantitative estimate of drug-likeness (QED) is 0.546. The third kappa shape index (κ3) is 3.83. The van der Waals surface area contributed by atoms with Crippen LogP contribution in [0.2, 0.25) is 0 Å². The number of hydrogen-bond acceptors (Lipinski definition) is 9. The van der Waals surface area contributed by atoms with Gasteiger partial charge in [0.05, 0.1) is 22.7 Å². The lowest BCUT2D eigenvalue weighted by Gasteiger charge is -2.48. The van der Waals surface area contributed by atoms with Crippen LogP contribution >= 0.6 is 11.3 Å². The van der Waals surface area contributed by atoms with Crippen LogP contribution in [0.25, 0.3) is 21.8 Å². The Hall–Kier alpha value is -3.16. The highest BCUT2D eigenvalue weighted by atomic mass is 32.1. The van der Waals surface area contributed by atoms with Crippen molar-refractivity contribution in [3.8, 4) is 33.6 Å². The maximum absolute atomic E-state index is 15.8. The zero-order valence-electron chi connectivity index (χ0n) is 19.6. The van der Waals surface area contributed by atoms with Gasteiger partial charge in [-0.2, -0.15) is 5.26 Å². The Morgan fingerprint density at radius 2 is 2.03 bits per heavy atom. The van der Waals surface area contributed by atoms with Crippen LogP contribution in [0.5, 0.6) is 5.75 Å². The molecule has 2 aliphatic heterocycles. The third-order valence-electron chi connectivity index (χ3n) is 7.63. The number of anilines is 1. The summed E-state index contributed by atoms with van der Waals surface area (Å²) in [5, 5.41) is 32.3. The Balaban J connectivity index is 1.28. The number of nitrogens with one attached hydrogen (secondary N) is 1. The van der Waals surface area contributed by atoms with Gasteiger partial charge in [-0.1, -0.05) is 6.07 Å². The van der Waals surface area contributed by atoms with E-state index in [1.807, 2.05) is 19.1 Å². The predicted molar refractivity (Wildman–Crippen MR) is 131 cm³/mol. The molecular weight excluding hydrogens is 465 g/mol. The molecule has 10 heteroatoms. The molecule has 2 aromatic heterocycles. The number of alkyl halides is 1. The minimum Gasteiger partial charge on any atom is -0.507 e. The molecule has 8 nitrogen and oxygen atoms in total. The normalized spacial score (nSPS) is 29.7. The lowest BCUT2D eigenvalue weighted by atomic mass is 9.82. The average molecular weight is 492 g/mol. The lowest BCUT2D eigenvalue weighted by molar-refractivity contribution is 0.0831. The van der Waals surface area contributed by atoms with Crippen molar-refractivity contribution in [2.75, 3.05) is 4.90 Å². The molecule has 3 aliphatic rings. The van der Waals surface area contributed by atoms with Gasteiger partial charge in [-0.15, -0.1) is 21.5 Å². The van der Waals surface area contributed by atoms with E-state index in [4.69, 9.17) is 5.26 Å². The van der Waals surface area contributed by atoms with E-state index in [9.17, 15) is 5.11 Å². The Morgan fingerprint density at radius 3 is 2.69 bits per heavy atom. The third-order valence-corrected chi connectivity index (χ3v) is 8.58. The van der Waals surface area contributed by atoms with Crippen molar-refractivity contribution >= 4 is 17.2 Å². The highest BCUT2D eigenvalue weighted by molar-refractivity contribution is 7.15. The van der Waals surface area contributed by atoms with Crippen LogP contribution in [0.1, 0.15) is 51.0 Å². The van der Waals surface area contributed by atoms with Crippen molar-refractivity contribution in [3.05, 3.63) is 35.6 Å². The SMILES string of the molecule is C[C@]12CC[C@](C)(N1)[C@H](F)[C@H](N(c1cnc(-c3ccc(-c4cnc(C#N)s4)cc3O)nn1)C1CC1)C2. The second kappa shape index (κ2) is 7.93. The highest BCUT2D eigenvalue weighted by Gasteiger charge is 2.58. The average Bonchev–Trinajstić information content (AvgIpc) is 3.48. The van der Waals surface area contributed by atoms with Gasteiger partial charge in [0.2, 0.25) is 0 Å². The zero-order valence-corrected chi connectivity index (χ0v) is 20.4. The lowest BCUT2D eigenvalue weighted by Crippen LogP contribution is -2.66. The second-order valence-electron chi connectivity index (χ2n) is 10.4. The van der Waals surface area contributed by atoms with Crippen LogP contribution in [0, 0.1) is 11.3 Å². The van der Waals surface area contributed by atoms with Crippen molar-refractivity contribution in [2.45, 2.75) is 75.3 Å². The van der Waals surface area contributed by atoms with E-state index >= 15 is 4.39 Å². The number of halogens is 1. The van der Waals surface area contributed by atoms with E-state index in [1.54, 1.807) is 24.5 Å². The molecule has 0 amide bonds. The Kier molecular flexibility index (Phi) is 5.06. The Morgan fingerprint density at radius 1 is 1.20 bits per heavy atom. The smallest absolute Gasteiger partial charge is 0.194 e. The summed E-state index contributed by atoms with van der Waals surface area (Å²) in [6, 6.07) is 7.18. The van der Waals surface area contributed by atoms with Crippen molar-refractivity contribution < 1.29 is 9.50 Å². The topological polar surface area (TPSA) is 111 Å². The number of nitriles is 1. The van der Waals surface area contributed by atoms with E-state index in [-0.39, 0.29) is 23.4 Å². The molecule has 3 aromatic rings. The van der Waals surface area contributed by atoms with Gasteiger partial charge in [-0.3, -0.25) is 0 Å². The number of phenols is 1. The van der Waals surface area contributed by atoms with E-state index in [0.29, 0.717) is 22.2 Å². The second-order valence-corrected chi connectivity index (χ2v) is 11.5. The van der Waals surface area contributed by atoms with Crippen LogP contribution in [0.4, 0.5) is 10.2 Å². The molecule has 2 saturated heterocycles. The van der Waals surface area contributed by atoms with Gasteiger partial charge in [0, 0.05) is 23.3 Å². The van der Waals surface area contributed by atoms with Crippen LogP contribution in [-0.2, 0) is 0 Å². The maximum Gasteiger partial charge on any atom is 0.194 e. The van der Waals surface area contributed by atoms with Crippen molar-refractivity contribution in [1.29, 1.82) is 5.26 Å². The van der Waals surface area contributed by atoms with Crippen LogP contribution in [0.3, 0.4) is 0 Å². The largest absolute Gasteiger partial charge is 0.507 e. The van der Waals surface area contributed by atoms with Crippen LogP contribution in [0.15, 0.2) is 30.6 Å². The van der Waals surface area contributed by atoms with E-state index in [2.05, 4.69) is 37.3 Å². The van der Waals surface area contributed by atoms with Gasteiger partial charge >= 0.3 is 0 Å². The van der Waals surface area contributed by atoms with E-state index in [1.165, 1.54) is 11.3 Å². The molecule has 2 N–H and O–H groups in total. The molecule has 4 atom stereocenters. The molecule has 2 bridgehead atoms. The van der Waals surface area contributed by atoms with Crippen LogP contribution in [-0.4, -0.2) is 54.6 Å². The van der Waals surface area contributed by atoms with E-state index in [0.717, 1.165) is 42.5 Å². The Bertz CT molecular complexity index is 1320. The molecule has 35 heavy (non-hydrogen) atoms. The molecule has 0 spiro atoms. The maximum atomic E-state index is 15.8. The molecule has 1 aliphatic carbocycles. The molecule has 1 aromatic carbocycles. The molecule has 6 rings (SSSR count). The van der Waals surface area contributed by atoms with Crippen LogP contribution < -0.4 is 10.2 Å². The first-order chi connectivity index (χ1) is 16.8. The molecule has 0 radical (unpaired) electrons. The standard InChI is InChI=1S/C25H26FN7OS/c1-24-7-8-25(2,32-24)22(26)17(10-24)33(15-4-5-15)20-13-29-23(31-30-20)16-6-3-14(9-18(16)34)19-12-28-21(11-27)35-19/h3,6,9,12-13,15,17,22,32,34H,4-5,7-8,10H2,1-2H3/t17-,22-,24-,25+/m1/s1. The fourth-order valence-corrected chi connectivity index (χ4v) is 6.47. The number of aromatic hydroxyl groups is 1. The zero-order chi connectivity index (χ0) is 24.4. The minimum atomic E-state index is -1.01. The number of piperidine rings is 1. The van der Waals surface area contributed by atoms with Gasteiger partial charge in [-0.05, 0) is 63.6 Å². The van der Waals surface area contributed by atoms with Gasteiger partial charge in [0.15, 0.2) is 16.6 Å². The molecular formula is C25H26FN7OS. The predicted octanol–water partition coefficient (Wildman–Crippen LogP) is 4.22. The highest BCUT2D eigenvalue weighted by Crippen LogP contribution is 2.47. The first kappa shape index (κ1) is 22.3. The summed E-state index contributed by atoms with van der Waals surface area (Å²) in [4.78, 5) is 11.4. The van der Waals surface area contributed by atoms with Gasteiger partial charge in [0.1, 0.15) is 18.0 Å². The fourth-order valence-electron chi connectivity index (χ4n) is 5.76. The molecule has 180 valence electrons. The summed E-state index contributed by atoms with van der Waals surface area (Å²) in [5.74, 6) is 0.904.